The molecule has 0 bridgehead atoms. The highest BCUT2D eigenvalue weighted by Gasteiger charge is 2.22. The number of nitrogens with zero attached hydrogens (tertiary/aromatic N) is 3. The third-order valence-electron chi connectivity index (χ3n) is 5.26. The van der Waals surface area contributed by atoms with Gasteiger partial charge in [0.15, 0.2) is 0 Å². The molecule has 0 amide bonds. The molecular weight excluding hydrogens is 367 g/mol. The molecule has 2 heterocycles. The molecule has 0 aliphatic carbocycles. The van der Waals surface area contributed by atoms with Gasteiger partial charge < -0.3 is 10.1 Å². The molecule has 6 heteroatoms. The zero-order valence-electron chi connectivity index (χ0n) is 16.5. The van der Waals surface area contributed by atoms with E-state index in [0.717, 1.165) is 57.1 Å². The molecule has 4 rings (SSSR count). The Balaban J connectivity index is 1.36. The molecule has 29 heavy (non-hydrogen) atoms. The summed E-state index contributed by atoms with van der Waals surface area (Å²) in [7, 11) is 0. The van der Waals surface area contributed by atoms with Crippen molar-refractivity contribution >= 4 is 0 Å². The smallest absolute Gasteiger partial charge is 0.123 e. The summed E-state index contributed by atoms with van der Waals surface area (Å²) in [5.41, 5.74) is 3.37. The molecule has 1 unspecified atom stereocenters. The van der Waals surface area contributed by atoms with Crippen LogP contribution in [0.5, 0.6) is 0 Å². The first-order valence-corrected chi connectivity index (χ1v) is 10.1. The van der Waals surface area contributed by atoms with Gasteiger partial charge in [-0.15, -0.1) is 0 Å². The fraction of sp³-hybridized carbons (Fsp3) is 0.348. The van der Waals surface area contributed by atoms with Gasteiger partial charge in [0.05, 0.1) is 26.0 Å². The predicted molar refractivity (Wildman–Crippen MR) is 111 cm³/mol. The van der Waals surface area contributed by atoms with Gasteiger partial charge in [-0.25, -0.2) is 4.39 Å². The fourth-order valence-corrected chi connectivity index (χ4v) is 3.77. The summed E-state index contributed by atoms with van der Waals surface area (Å²) in [6.07, 6.45) is 3.98. The van der Waals surface area contributed by atoms with Crippen LogP contribution in [0.1, 0.15) is 22.7 Å². The second-order valence-corrected chi connectivity index (χ2v) is 7.38. The highest BCUT2D eigenvalue weighted by atomic mass is 19.1. The highest BCUT2D eigenvalue weighted by Crippen LogP contribution is 2.22. The van der Waals surface area contributed by atoms with Crippen molar-refractivity contribution in [2.75, 3.05) is 32.8 Å². The van der Waals surface area contributed by atoms with Crippen molar-refractivity contribution in [1.82, 2.24) is 20.0 Å². The van der Waals surface area contributed by atoms with E-state index in [1.54, 1.807) is 12.1 Å². The molecule has 5 nitrogen and oxygen atoms in total. The van der Waals surface area contributed by atoms with Crippen LogP contribution in [0.4, 0.5) is 4.39 Å². The van der Waals surface area contributed by atoms with Gasteiger partial charge in [-0.2, -0.15) is 5.10 Å². The van der Waals surface area contributed by atoms with Crippen LogP contribution in [0.25, 0.3) is 0 Å². The standard InChI is InChI=1S/C23H27FN4O/c24-22-8-4-7-21(13-22)23(27-9-11-29-12-10-27)16-25-14-20-15-26-28(18-20)17-19-5-2-1-3-6-19/h1-8,13,15,18,23,25H,9-12,14,16-17H2. The van der Waals surface area contributed by atoms with E-state index in [0.29, 0.717) is 0 Å². The van der Waals surface area contributed by atoms with Crippen LogP contribution in [-0.4, -0.2) is 47.5 Å². The number of ether oxygens (including phenoxy) is 1. The Morgan fingerprint density at radius 2 is 1.86 bits per heavy atom. The van der Waals surface area contributed by atoms with Crippen LogP contribution >= 0.6 is 0 Å². The van der Waals surface area contributed by atoms with Gasteiger partial charge in [0.2, 0.25) is 0 Å². The molecular formula is C23H27FN4O. The average molecular weight is 394 g/mol. The predicted octanol–water partition coefficient (Wildman–Crippen LogP) is 3.23. The second-order valence-electron chi connectivity index (χ2n) is 7.38. The molecule has 1 atom stereocenters. The van der Waals surface area contributed by atoms with Crippen LogP contribution in [0, 0.1) is 5.82 Å². The lowest BCUT2D eigenvalue weighted by Crippen LogP contribution is -2.42. The first kappa shape index (κ1) is 19.8. The first-order chi connectivity index (χ1) is 14.3. The van der Waals surface area contributed by atoms with Gasteiger partial charge in [0.25, 0.3) is 0 Å². The van der Waals surface area contributed by atoms with Crippen molar-refractivity contribution in [3.8, 4) is 0 Å². The highest BCUT2D eigenvalue weighted by molar-refractivity contribution is 5.21. The molecule has 1 saturated heterocycles. The monoisotopic (exact) mass is 394 g/mol. The average Bonchev–Trinajstić information content (AvgIpc) is 3.20. The van der Waals surface area contributed by atoms with Gasteiger partial charge in [0, 0.05) is 44.0 Å². The molecule has 0 saturated carbocycles. The molecule has 1 aromatic heterocycles. The Kier molecular flexibility index (Phi) is 6.67. The van der Waals surface area contributed by atoms with Crippen molar-refractivity contribution in [1.29, 1.82) is 0 Å². The number of benzene rings is 2. The minimum Gasteiger partial charge on any atom is -0.379 e. The number of halogens is 1. The molecule has 3 aromatic rings. The summed E-state index contributed by atoms with van der Waals surface area (Å²) >= 11 is 0. The van der Waals surface area contributed by atoms with E-state index in [4.69, 9.17) is 4.74 Å². The van der Waals surface area contributed by atoms with Crippen molar-refractivity contribution in [2.45, 2.75) is 19.1 Å². The Morgan fingerprint density at radius 3 is 2.66 bits per heavy atom. The Bertz CT molecular complexity index is 893. The van der Waals surface area contributed by atoms with Gasteiger partial charge in [-0.05, 0) is 23.3 Å². The lowest BCUT2D eigenvalue weighted by Gasteiger charge is -2.35. The fourth-order valence-electron chi connectivity index (χ4n) is 3.77. The zero-order chi connectivity index (χ0) is 19.9. The maximum absolute atomic E-state index is 13.8. The minimum absolute atomic E-state index is 0.119. The Morgan fingerprint density at radius 1 is 1.03 bits per heavy atom. The van der Waals surface area contributed by atoms with Crippen molar-refractivity contribution in [3.63, 3.8) is 0 Å². The number of hydrogen-bond donors (Lipinski definition) is 1. The summed E-state index contributed by atoms with van der Waals surface area (Å²) in [6.45, 7) is 5.39. The molecule has 0 spiro atoms. The molecule has 1 fully saturated rings. The zero-order valence-corrected chi connectivity index (χ0v) is 16.5. The van der Waals surface area contributed by atoms with E-state index in [9.17, 15) is 4.39 Å². The number of morpholine rings is 1. The van der Waals surface area contributed by atoms with Gasteiger partial charge >= 0.3 is 0 Å². The maximum Gasteiger partial charge on any atom is 0.123 e. The van der Waals surface area contributed by atoms with E-state index in [2.05, 4.69) is 33.6 Å². The van der Waals surface area contributed by atoms with E-state index in [1.165, 1.54) is 11.6 Å². The topological polar surface area (TPSA) is 42.3 Å². The summed E-state index contributed by atoms with van der Waals surface area (Å²) in [4.78, 5) is 2.37. The number of rotatable bonds is 8. The van der Waals surface area contributed by atoms with Crippen LogP contribution in [0.2, 0.25) is 0 Å². The van der Waals surface area contributed by atoms with E-state index in [1.807, 2.05) is 35.1 Å². The summed E-state index contributed by atoms with van der Waals surface area (Å²) in [5.74, 6) is -0.192. The minimum atomic E-state index is -0.192. The largest absolute Gasteiger partial charge is 0.379 e. The van der Waals surface area contributed by atoms with Gasteiger partial charge in [-0.1, -0.05) is 42.5 Å². The van der Waals surface area contributed by atoms with Crippen molar-refractivity contribution in [3.05, 3.63) is 89.5 Å². The lowest BCUT2D eigenvalue weighted by atomic mass is 10.0. The second kappa shape index (κ2) is 9.78. The summed E-state index contributed by atoms with van der Waals surface area (Å²) in [6, 6.07) is 17.3. The number of aromatic nitrogens is 2. The molecule has 0 radical (unpaired) electrons. The molecule has 1 N–H and O–H groups in total. The van der Waals surface area contributed by atoms with E-state index >= 15 is 0 Å². The van der Waals surface area contributed by atoms with Crippen LogP contribution in [-0.2, 0) is 17.8 Å². The Labute approximate surface area is 171 Å². The van der Waals surface area contributed by atoms with Crippen molar-refractivity contribution in [2.24, 2.45) is 0 Å². The van der Waals surface area contributed by atoms with Crippen molar-refractivity contribution < 1.29 is 9.13 Å². The van der Waals surface area contributed by atoms with E-state index < -0.39 is 0 Å². The number of hydrogen-bond acceptors (Lipinski definition) is 4. The third-order valence-corrected chi connectivity index (χ3v) is 5.26. The van der Waals surface area contributed by atoms with Crippen LogP contribution in [0.3, 0.4) is 0 Å². The van der Waals surface area contributed by atoms with Gasteiger partial charge in [-0.3, -0.25) is 9.58 Å². The quantitative estimate of drug-likeness (QED) is 0.637. The summed E-state index contributed by atoms with van der Waals surface area (Å²) in [5, 5.41) is 8.00. The van der Waals surface area contributed by atoms with Crippen LogP contribution < -0.4 is 5.32 Å². The normalized spacial score (nSPS) is 16.0. The molecule has 1 aliphatic rings. The lowest BCUT2D eigenvalue weighted by molar-refractivity contribution is 0.0160. The third kappa shape index (κ3) is 5.50. The number of nitrogens with one attached hydrogen (secondary N) is 1. The summed E-state index contributed by atoms with van der Waals surface area (Å²) < 4.78 is 21.2. The van der Waals surface area contributed by atoms with Gasteiger partial charge in [0.1, 0.15) is 5.82 Å². The first-order valence-electron chi connectivity index (χ1n) is 10.1. The Hall–Kier alpha value is -2.54. The maximum atomic E-state index is 13.8. The molecule has 2 aromatic carbocycles. The molecule has 1 aliphatic heterocycles. The SMILES string of the molecule is Fc1cccc(C(CNCc2cnn(Cc3ccccc3)c2)N2CCOCC2)c1. The van der Waals surface area contributed by atoms with Crippen LogP contribution in [0.15, 0.2) is 67.0 Å². The molecule has 152 valence electrons. The van der Waals surface area contributed by atoms with E-state index in [-0.39, 0.29) is 11.9 Å².